The Labute approximate surface area is 156 Å². The molecule has 0 saturated carbocycles. The van der Waals surface area contributed by atoms with Crippen molar-refractivity contribution in [2.45, 2.75) is 22.0 Å². The molecule has 0 rings (SSSR count). The minimum atomic E-state index is -6.85. The summed E-state index contributed by atoms with van der Waals surface area (Å²) >= 11 is 0. The third-order valence-electron chi connectivity index (χ3n) is 1.49. The van der Waals surface area contributed by atoms with Crippen LogP contribution in [0.15, 0.2) is 0 Å². The van der Waals surface area contributed by atoms with Crippen LogP contribution in [0.25, 0.3) is 0 Å². The summed E-state index contributed by atoms with van der Waals surface area (Å²) in [5.74, 6) is 0. The Hall–Kier alpha value is -1.12. The van der Waals surface area contributed by atoms with E-state index in [-0.39, 0.29) is 0 Å². The van der Waals surface area contributed by atoms with Crippen molar-refractivity contribution in [3.05, 3.63) is 0 Å². The van der Waals surface area contributed by atoms with Crippen molar-refractivity contribution < 1.29 is 93.6 Å². The van der Waals surface area contributed by atoms with E-state index in [1.165, 1.54) is 0 Å². The molecule has 0 atom stereocenters. The Balaban J connectivity index is 0. The summed E-state index contributed by atoms with van der Waals surface area (Å²) in [6.07, 6.45) is 0. The fraction of sp³-hybridized carbons (Fsp3) is 1.00. The molecule has 0 radical (unpaired) electrons. The summed E-state index contributed by atoms with van der Waals surface area (Å²) < 4.78 is 220. The van der Waals surface area contributed by atoms with Gasteiger partial charge in [-0.3, -0.25) is 0 Å². The first-order valence-electron chi connectivity index (χ1n) is 5.08. The van der Waals surface area contributed by atoms with Crippen LogP contribution in [-0.2, 0) is 47.7 Å². The third-order valence-corrected chi connectivity index (χ3v) is 6.63. The molecule has 0 heterocycles. The quantitative estimate of drug-likeness (QED) is 0.362. The second kappa shape index (κ2) is 8.43. The fourth-order valence-corrected chi connectivity index (χ4v) is 3.51. The van der Waals surface area contributed by atoms with E-state index < -0.39 is 62.5 Å². The van der Waals surface area contributed by atoms with Gasteiger partial charge in [-0.1, -0.05) is 0 Å². The van der Waals surface area contributed by atoms with Crippen molar-refractivity contribution >= 4 is 40.5 Å². The lowest BCUT2D eigenvalue weighted by Crippen LogP contribution is -2.34. The van der Waals surface area contributed by atoms with Gasteiger partial charge in [0, 0.05) is 0 Å². The van der Waals surface area contributed by atoms with E-state index >= 15 is 0 Å². The third kappa shape index (κ3) is 8.19. The molecule has 0 aliphatic heterocycles. The largest absolute Gasteiger partial charge is 0.524 e. The van der Waals surface area contributed by atoms with Crippen LogP contribution in [0.1, 0.15) is 0 Å². The van der Waals surface area contributed by atoms with E-state index in [4.69, 9.17) is 0 Å². The van der Waals surface area contributed by atoms with Gasteiger partial charge >= 0.3 is 62.5 Å². The van der Waals surface area contributed by atoms with E-state index in [9.17, 15) is 86.4 Å². The van der Waals surface area contributed by atoms with Crippen molar-refractivity contribution in [1.29, 1.82) is 0 Å². The van der Waals surface area contributed by atoms with Crippen LogP contribution in [0, 0.1) is 0 Å². The molecule has 0 aliphatic carbocycles. The smallest absolute Gasteiger partial charge is 0.188 e. The second-order valence-corrected chi connectivity index (χ2v) is 10.3. The molecule has 0 fully saturated rings. The molecule has 0 aliphatic rings. The summed E-state index contributed by atoms with van der Waals surface area (Å²) in [7, 11) is -27.4. The van der Waals surface area contributed by atoms with Crippen LogP contribution >= 0.6 is 0 Å². The van der Waals surface area contributed by atoms with Gasteiger partial charge in [0.2, 0.25) is 0 Å². The summed E-state index contributed by atoms with van der Waals surface area (Å²) in [6.45, 7) is 0. The van der Waals surface area contributed by atoms with Gasteiger partial charge in [-0.05, 0) is 0 Å². The van der Waals surface area contributed by atoms with Crippen molar-refractivity contribution in [2.75, 3.05) is 0 Å². The van der Waals surface area contributed by atoms with E-state index in [1.807, 2.05) is 7.26 Å². The highest BCUT2D eigenvalue weighted by atomic mass is 32.3. The molecule has 0 aromatic carbocycles. The molecule has 0 unspecified atom stereocenters. The Morgan fingerprint density at radius 3 is 0.500 bits per heavy atom. The summed E-state index contributed by atoms with van der Waals surface area (Å²) in [5.41, 5.74) is -25.0. The zero-order valence-corrected chi connectivity index (χ0v) is 15.5. The van der Waals surface area contributed by atoms with Gasteiger partial charge in [0.15, 0.2) is 0 Å². The number of halogens is 12. The number of rotatable bonds is 4. The molecular weight excluding hydrogens is 564 g/mol. The molecule has 0 aromatic heterocycles. The monoisotopic (exact) mass is 564 g/mol. The number of alkyl halides is 12. The standard InChI is InChI=1S/2C2F6O5S2/c2*3-1(4,5)14(9,10)13-15(11,12)2(6,7)8. The van der Waals surface area contributed by atoms with Crippen LogP contribution in [0.2, 0.25) is 0 Å². The molecule has 0 N–H and O–H groups in total. The average Bonchev–Trinajstić information content (AvgIpc) is 2.30. The maximum absolute atomic E-state index is 11.4. The summed E-state index contributed by atoms with van der Waals surface area (Å²) in [4.78, 5) is 0. The molecule has 26 heteroatoms. The molecule has 0 bridgehead atoms. The van der Waals surface area contributed by atoms with E-state index in [0.29, 0.717) is 0 Å². The van der Waals surface area contributed by atoms with Gasteiger partial charge < -0.3 is 0 Å². The van der Waals surface area contributed by atoms with E-state index in [2.05, 4.69) is 0 Å². The van der Waals surface area contributed by atoms with Crippen LogP contribution in [0.3, 0.4) is 0 Å². The number of hydrogen-bond acceptors (Lipinski definition) is 10. The topological polar surface area (TPSA) is 155 Å². The van der Waals surface area contributed by atoms with Crippen LogP contribution in [0.5, 0.6) is 0 Å². The van der Waals surface area contributed by atoms with Crippen molar-refractivity contribution in [2.24, 2.45) is 0 Å². The average molecular weight is 564 g/mol. The number of hydrogen-bond donors (Lipinski definition) is 0. The highest BCUT2D eigenvalue weighted by Crippen LogP contribution is 2.33. The van der Waals surface area contributed by atoms with Gasteiger partial charge in [0.05, 0.1) is 0 Å². The first kappa shape index (κ1) is 31.1. The van der Waals surface area contributed by atoms with Gasteiger partial charge in [0.1, 0.15) is 0 Å². The lowest BCUT2D eigenvalue weighted by molar-refractivity contribution is -0.0594. The van der Waals surface area contributed by atoms with Crippen LogP contribution in [0.4, 0.5) is 52.7 Å². The molecule has 0 spiro atoms. The SMILES string of the molecule is O=S(=O)(OS(=O)(=O)C(F)(F)F)C(F)(F)F.O=S(=O)(OS(=O)(=O)C(F)(F)F)C(F)(F)F. The van der Waals surface area contributed by atoms with Crippen molar-refractivity contribution in [3.8, 4) is 0 Å². The fourth-order valence-electron chi connectivity index (χ4n) is 0.390. The molecule has 0 amide bonds. The van der Waals surface area contributed by atoms with Gasteiger partial charge in [-0.15, -0.1) is 7.26 Å². The molecule has 10 nitrogen and oxygen atoms in total. The highest BCUT2D eigenvalue weighted by Gasteiger charge is 2.58. The molecule has 0 aromatic rings. The Bertz CT molecular complexity index is 848. The minimum Gasteiger partial charge on any atom is -0.188 e. The van der Waals surface area contributed by atoms with Crippen molar-refractivity contribution in [1.82, 2.24) is 0 Å². The second-order valence-electron chi connectivity index (χ2n) is 3.74. The van der Waals surface area contributed by atoms with E-state index in [1.54, 1.807) is 0 Å². The lowest BCUT2D eigenvalue weighted by Gasteiger charge is -2.09. The Kier molecular flexibility index (Phi) is 8.73. The molecular formula is C4F12O10S4. The molecule has 0 saturated heterocycles. The van der Waals surface area contributed by atoms with Gasteiger partial charge in [0.25, 0.3) is 0 Å². The van der Waals surface area contributed by atoms with Crippen LogP contribution in [-0.4, -0.2) is 55.7 Å². The predicted molar refractivity (Wildman–Crippen MR) is 62.1 cm³/mol. The normalized spacial score (nSPS) is 15.3. The summed E-state index contributed by atoms with van der Waals surface area (Å²) in [6, 6.07) is 0. The van der Waals surface area contributed by atoms with E-state index in [0.717, 1.165) is 0 Å². The predicted octanol–water partition coefficient (Wildman–Crippen LogP) is 1.40. The van der Waals surface area contributed by atoms with Gasteiger partial charge in [-0.25, -0.2) is 0 Å². The first-order valence-corrected chi connectivity index (χ1v) is 10.7. The minimum absolute atomic E-state index is 2.05. The molecule has 30 heavy (non-hydrogen) atoms. The molecule has 184 valence electrons. The maximum Gasteiger partial charge on any atom is 0.524 e. The van der Waals surface area contributed by atoms with Gasteiger partial charge in [-0.2, -0.15) is 86.4 Å². The van der Waals surface area contributed by atoms with Crippen LogP contribution < -0.4 is 0 Å². The van der Waals surface area contributed by atoms with Crippen molar-refractivity contribution in [3.63, 3.8) is 0 Å². The summed E-state index contributed by atoms with van der Waals surface area (Å²) in [5, 5.41) is 0. The lowest BCUT2D eigenvalue weighted by atomic mass is 11.6. The zero-order chi connectivity index (χ0) is 25.4. The maximum atomic E-state index is 11.4. The first-order chi connectivity index (χ1) is 12.4. The Morgan fingerprint density at radius 2 is 0.433 bits per heavy atom. The highest BCUT2D eigenvalue weighted by molar-refractivity contribution is 8.01. The zero-order valence-electron chi connectivity index (χ0n) is 12.3. The Morgan fingerprint density at radius 1 is 0.333 bits per heavy atom.